The quantitative estimate of drug-likeness (QED) is 0.881. The third kappa shape index (κ3) is 1.92. The Morgan fingerprint density at radius 1 is 1.56 bits per heavy atom. The van der Waals surface area contributed by atoms with Crippen molar-refractivity contribution in [1.82, 2.24) is 15.3 Å². The molecule has 1 aliphatic rings. The topological polar surface area (TPSA) is 80.9 Å². The van der Waals surface area contributed by atoms with Gasteiger partial charge in [-0.15, -0.1) is 11.3 Å². The molecule has 1 saturated carbocycles. The van der Waals surface area contributed by atoms with Gasteiger partial charge < -0.3 is 11.1 Å². The summed E-state index contributed by atoms with van der Waals surface area (Å²) in [5.41, 5.74) is 6.99. The van der Waals surface area contributed by atoms with Crippen molar-refractivity contribution in [2.75, 3.05) is 12.3 Å². The lowest BCUT2D eigenvalue weighted by Gasteiger charge is -2.02. The number of amides is 1. The maximum Gasteiger partial charge on any atom is 0.263 e. The van der Waals surface area contributed by atoms with Crippen LogP contribution in [0.2, 0.25) is 0 Å². The summed E-state index contributed by atoms with van der Waals surface area (Å²) in [6.45, 7) is 2.92. The van der Waals surface area contributed by atoms with Crippen LogP contribution in [-0.2, 0) is 0 Å². The van der Waals surface area contributed by atoms with E-state index in [2.05, 4.69) is 22.2 Å². The molecule has 3 N–H and O–H groups in total. The molecule has 1 aliphatic carbocycles. The molecule has 3 rings (SSSR count). The zero-order valence-corrected chi connectivity index (χ0v) is 10.8. The second kappa shape index (κ2) is 4.20. The molecule has 1 fully saturated rings. The van der Waals surface area contributed by atoms with Crippen LogP contribution in [0.5, 0.6) is 0 Å². The van der Waals surface area contributed by atoms with Crippen LogP contribution in [0.3, 0.4) is 0 Å². The first kappa shape index (κ1) is 11.4. The third-order valence-corrected chi connectivity index (χ3v) is 4.47. The Morgan fingerprint density at radius 2 is 2.28 bits per heavy atom. The van der Waals surface area contributed by atoms with E-state index in [1.165, 1.54) is 17.8 Å². The first-order valence-electron chi connectivity index (χ1n) is 5.94. The molecule has 2 atom stereocenters. The highest BCUT2D eigenvalue weighted by atomic mass is 32.1. The van der Waals surface area contributed by atoms with Gasteiger partial charge in [-0.1, -0.05) is 6.92 Å². The predicted octanol–water partition coefficient (Wildman–Crippen LogP) is 1.66. The molecule has 6 heteroatoms. The molecule has 0 saturated heterocycles. The second-order valence-corrected chi connectivity index (χ2v) is 5.74. The highest BCUT2D eigenvalue weighted by molar-refractivity contribution is 7.21. The Hall–Kier alpha value is -1.69. The van der Waals surface area contributed by atoms with Crippen molar-refractivity contribution in [1.29, 1.82) is 0 Å². The summed E-state index contributed by atoms with van der Waals surface area (Å²) in [6, 6.07) is 0. The van der Waals surface area contributed by atoms with Crippen LogP contribution < -0.4 is 11.1 Å². The summed E-state index contributed by atoms with van der Waals surface area (Å²) in [6.07, 6.45) is 4.39. The zero-order valence-electron chi connectivity index (χ0n) is 10.0. The van der Waals surface area contributed by atoms with Gasteiger partial charge in [0.25, 0.3) is 5.91 Å². The van der Waals surface area contributed by atoms with E-state index in [4.69, 9.17) is 5.73 Å². The average Bonchev–Trinajstić information content (AvgIpc) is 2.98. The van der Waals surface area contributed by atoms with Gasteiger partial charge in [0, 0.05) is 18.9 Å². The van der Waals surface area contributed by atoms with E-state index < -0.39 is 0 Å². The number of nitrogen functional groups attached to an aromatic ring is 1. The summed E-state index contributed by atoms with van der Waals surface area (Å²) in [7, 11) is 0. The van der Waals surface area contributed by atoms with Gasteiger partial charge in [-0.25, -0.2) is 9.97 Å². The van der Waals surface area contributed by atoms with E-state index in [0.29, 0.717) is 26.8 Å². The molecule has 5 nitrogen and oxygen atoms in total. The molecule has 0 bridgehead atoms. The number of hydrogen-bond acceptors (Lipinski definition) is 5. The highest BCUT2D eigenvalue weighted by Crippen LogP contribution is 2.37. The van der Waals surface area contributed by atoms with Gasteiger partial charge in [0.05, 0.1) is 5.69 Å². The lowest BCUT2D eigenvalue weighted by atomic mass is 10.3. The van der Waals surface area contributed by atoms with Crippen LogP contribution in [0.25, 0.3) is 10.3 Å². The minimum absolute atomic E-state index is 0.114. The van der Waals surface area contributed by atoms with Crippen molar-refractivity contribution in [2.45, 2.75) is 13.3 Å². The number of aromatic nitrogens is 2. The molecule has 2 unspecified atom stereocenters. The maximum atomic E-state index is 12.0. The fourth-order valence-electron chi connectivity index (χ4n) is 2.00. The second-order valence-electron chi connectivity index (χ2n) is 4.74. The Labute approximate surface area is 108 Å². The number of hydrogen-bond donors (Lipinski definition) is 2. The van der Waals surface area contributed by atoms with E-state index in [1.54, 1.807) is 12.4 Å². The van der Waals surface area contributed by atoms with Crippen molar-refractivity contribution in [3.05, 3.63) is 17.3 Å². The molecule has 2 aromatic rings. The molecule has 94 valence electrons. The van der Waals surface area contributed by atoms with Crippen LogP contribution in [0, 0.1) is 11.8 Å². The standard InChI is InChI=1S/C12H14N4OS/c1-6-4-7(6)5-16-11(17)10-8(13)9-12(18-10)15-3-2-14-9/h2-3,6-7H,4-5,13H2,1H3,(H,16,17). The van der Waals surface area contributed by atoms with Crippen LogP contribution in [0.15, 0.2) is 12.4 Å². The number of nitrogens with zero attached hydrogens (tertiary/aromatic N) is 2. The monoisotopic (exact) mass is 262 g/mol. The summed E-state index contributed by atoms with van der Waals surface area (Å²) in [4.78, 5) is 21.6. The van der Waals surface area contributed by atoms with E-state index in [-0.39, 0.29) is 5.91 Å². The fourth-order valence-corrected chi connectivity index (χ4v) is 2.94. The van der Waals surface area contributed by atoms with Gasteiger partial charge in [0.1, 0.15) is 15.2 Å². The molecule has 0 radical (unpaired) electrons. The normalized spacial score (nSPS) is 22.1. The van der Waals surface area contributed by atoms with Crippen LogP contribution in [0.1, 0.15) is 23.0 Å². The minimum atomic E-state index is -0.114. The maximum absolute atomic E-state index is 12.0. The molecular formula is C12H14N4OS. The van der Waals surface area contributed by atoms with Crippen molar-refractivity contribution < 1.29 is 4.79 Å². The Morgan fingerprint density at radius 3 is 2.94 bits per heavy atom. The largest absolute Gasteiger partial charge is 0.396 e. The van der Waals surface area contributed by atoms with Crippen molar-refractivity contribution in [3.63, 3.8) is 0 Å². The lowest BCUT2D eigenvalue weighted by molar-refractivity contribution is 0.0956. The highest BCUT2D eigenvalue weighted by Gasteiger charge is 2.32. The number of nitrogens with two attached hydrogens (primary N) is 1. The molecular weight excluding hydrogens is 248 g/mol. The first-order valence-corrected chi connectivity index (χ1v) is 6.75. The summed E-state index contributed by atoms with van der Waals surface area (Å²) in [5, 5.41) is 2.93. The van der Waals surface area contributed by atoms with E-state index >= 15 is 0 Å². The van der Waals surface area contributed by atoms with Crippen LogP contribution >= 0.6 is 11.3 Å². The van der Waals surface area contributed by atoms with Gasteiger partial charge >= 0.3 is 0 Å². The Kier molecular flexibility index (Phi) is 2.66. The number of nitrogens with one attached hydrogen (secondary N) is 1. The van der Waals surface area contributed by atoms with Gasteiger partial charge in [0.15, 0.2) is 0 Å². The lowest BCUT2D eigenvalue weighted by Crippen LogP contribution is -2.25. The molecule has 0 spiro atoms. The fraction of sp³-hybridized carbons (Fsp3) is 0.417. The molecule has 2 aromatic heterocycles. The molecule has 0 aromatic carbocycles. The molecule has 0 aliphatic heterocycles. The predicted molar refractivity (Wildman–Crippen MR) is 71.4 cm³/mol. The van der Waals surface area contributed by atoms with Crippen molar-refractivity contribution in [3.8, 4) is 0 Å². The summed E-state index contributed by atoms with van der Waals surface area (Å²) < 4.78 is 0. The molecule has 18 heavy (non-hydrogen) atoms. The van der Waals surface area contributed by atoms with Gasteiger partial charge in [-0.05, 0) is 18.3 Å². The van der Waals surface area contributed by atoms with Gasteiger partial charge in [0.2, 0.25) is 0 Å². The Bertz CT molecular complexity index is 609. The summed E-state index contributed by atoms with van der Waals surface area (Å²) in [5.74, 6) is 1.24. The number of fused-ring (bicyclic) bond motifs is 1. The molecule has 1 amide bonds. The first-order chi connectivity index (χ1) is 8.66. The van der Waals surface area contributed by atoms with E-state index in [9.17, 15) is 4.79 Å². The van der Waals surface area contributed by atoms with Gasteiger partial charge in [-0.2, -0.15) is 0 Å². The van der Waals surface area contributed by atoms with E-state index in [0.717, 1.165) is 12.5 Å². The van der Waals surface area contributed by atoms with Crippen LogP contribution in [-0.4, -0.2) is 22.4 Å². The van der Waals surface area contributed by atoms with Gasteiger partial charge in [-0.3, -0.25) is 4.79 Å². The van der Waals surface area contributed by atoms with E-state index in [1.807, 2.05) is 0 Å². The summed E-state index contributed by atoms with van der Waals surface area (Å²) >= 11 is 1.29. The zero-order chi connectivity index (χ0) is 12.7. The molecule has 2 heterocycles. The average molecular weight is 262 g/mol. The Balaban J connectivity index is 1.80. The smallest absolute Gasteiger partial charge is 0.263 e. The number of rotatable bonds is 3. The van der Waals surface area contributed by atoms with Crippen molar-refractivity contribution in [2.24, 2.45) is 11.8 Å². The minimum Gasteiger partial charge on any atom is -0.396 e. The van der Waals surface area contributed by atoms with Crippen LogP contribution in [0.4, 0.5) is 5.69 Å². The third-order valence-electron chi connectivity index (χ3n) is 3.37. The van der Waals surface area contributed by atoms with Crippen molar-refractivity contribution >= 4 is 33.3 Å². The number of carbonyl (C=O) groups is 1. The number of carbonyl (C=O) groups excluding carboxylic acids is 1. The number of thiophene rings is 1. The SMILES string of the molecule is CC1CC1CNC(=O)c1sc2nccnc2c1N. The number of anilines is 1.